The predicted molar refractivity (Wildman–Crippen MR) is 78.1 cm³/mol. The zero-order valence-electron chi connectivity index (χ0n) is 11.0. The van der Waals surface area contributed by atoms with Crippen molar-refractivity contribution in [1.29, 1.82) is 0 Å². The monoisotopic (exact) mass is 298 g/mol. The lowest BCUT2D eigenvalue weighted by molar-refractivity contribution is 0.352. The Kier molecular flexibility index (Phi) is 6.78. The highest BCUT2D eigenvalue weighted by Crippen LogP contribution is 2.15. The van der Waals surface area contributed by atoms with Gasteiger partial charge >= 0.3 is 0 Å². The van der Waals surface area contributed by atoms with E-state index in [1.807, 2.05) is 13.1 Å². The van der Waals surface area contributed by atoms with Crippen LogP contribution in [0.3, 0.4) is 0 Å². The molecule has 0 radical (unpaired) electrons. The van der Waals surface area contributed by atoms with Crippen molar-refractivity contribution in [2.75, 3.05) is 20.1 Å². The molecular formula is C14H23BrN2. The quantitative estimate of drug-likeness (QED) is 0.808. The minimum absolute atomic E-state index is 0.683. The Labute approximate surface area is 113 Å². The first kappa shape index (κ1) is 14.7. The number of hydrogen-bond donors (Lipinski definition) is 2. The van der Waals surface area contributed by atoms with Crippen LogP contribution in [0.25, 0.3) is 0 Å². The second-order valence-electron chi connectivity index (χ2n) is 4.78. The Morgan fingerprint density at radius 2 is 1.88 bits per heavy atom. The molecular weight excluding hydrogens is 276 g/mol. The van der Waals surface area contributed by atoms with Crippen molar-refractivity contribution in [1.82, 2.24) is 10.6 Å². The van der Waals surface area contributed by atoms with E-state index in [2.05, 4.69) is 58.6 Å². The Morgan fingerprint density at radius 3 is 2.47 bits per heavy atom. The second-order valence-corrected chi connectivity index (χ2v) is 5.64. The van der Waals surface area contributed by atoms with Crippen LogP contribution in [-0.4, -0.2) is 20.1 Å². The summed E-state index contributed by atoms with van der Waals surface area (Å²) in [5.74, 6) is 1.39. The van der Waals surface area contributed by atoms with E-state index in [0.29, 0.717) is 11.8 Å². The maximum atomic E-state index is 3.57. The van der Waals surface area contributed by atoms with Gasteiger partial charge in [0.25, 0.3) is 0 Å². The summed E-state index contributed by atoms with van der Waals surface area (Å²) < 4.78 is 1.18. The zero-order chi connectivity index (χ0) is 12.7. The number of hydrogen-bond acceptors (Lipinski definition) is 2. The molecule has 0 amide bonds. The van der Waals surface area contributed by atoms with E-state index in [9.17, 15) is 0 Å². The van der Waals surface area contributed by atoms with Gasteiger partial charge < -0.3 is 10.6 Å². The zero-order valence-corrected chi connectivity index (χ0v) is 12.5. The molecule has 0 fully saturated rings. The fraction of sp³-hybridized carbons (Fsp3) is 0.571. The molecule has 1 unspecified atom stereocenters. The fourth-order valence-electron chi connectivity index (χ4n) is 1.84. The van der Waals surface area contributed by atoms with Gasteiger partial charge in [-0.05, 0) is 43.6 Å². The van der Waals surface area contributed by atoms with Gasteiger partial charge in [-0.3, -0.25) is 0 Å². The highest BCUT2D eigenvalue weighted by Gasteiger charge is 2.11. The fourth-order valence-corrected chi connectivity index (χ4v) is 2.26. The number of rotatable bonds is 7. The Bertz CT molecular complexity index is 326. The molecule has 1 rings (SSSR count). The van der Waals surface area contributed by atoms with Crippen molar-refractivity contribution in [2.45, 2.75) is 20.4 Å². The number of halogens is 1. The molecule has 2 nitrogen and oxygen atoms in total. The van der Waals surface area contributed by atoms with Crippen LogP contribution in [0.5, 0.6) is 0 Å². The molecule has 96 valence electrons. The normalized spacial score (nSPS) is 13.0. The largest absolute Gasteiger partial charge is 0.319 e. The van der Waals surface area contributed by atoms with Crippen LogP contribution in [0.2, 0.25) is 0 Å². The van der Waals surface area contributed by atoms with E-state index in [1.54, 1.807) is 0 Å². The molecule has 0 aliphatic rings. The van der Waals surface area contributed by atoms with Crippen molar-refractivity contribution in [3.63, 3.8) is 0 Å². The summed E-state index contributed by atoms with van der Waals surface area (Å²) in [5.41, 5.74) is 1.32. The van der Waals surface area contributed by atoms with Gasteiger partial charge in [-0.15, -0.1) is 0 Å². The van der Waals surface area contributed by atoms with Crippen molar-refractivity contribution < 1.29 is 0 Å². The summed E-state index contributed by atoms with van der Waals surface area (Å²) in [6, 6.07) is 8.37. The maximum Gasteiger partial charge on any atom is 0.0220 e. The van der Waals surface area contributed by atoms with Crippen LogP contribution < -0.4 is 10.6 Å². The first-order valence-corrected chi connectivity index (χ1v) is 7.03. The van der Waals surface area contributed by atoms with Crippen LogP contribution in [0.1, 0.15) is 19.4 Å². The summed E-state index contributed by atoms with van der Waals surface area (Å²) in [5, 5.41) is 6.80. The van der Waals surface area contributed by atoms with Crippen LogP contribution in [-0.2, 0) is 6.54 Å². The number of nitrogens with one attached hydrogen (secondary N) is 2. The molecule has 1 aromatic rings. The van der Waals surface area contributed by atoms with Gasteiger partial charge in [0.15, 0.2) is 0 Å². The van der Waals surface area contributed by atoms with E-state index < -0.39 is 0 Å². The molecule has 2 N–H and O–H groups in total. The summed E-state index contributed by atoms with van der Waals surface area (Å²) in [4.78, 5) is 0. The molecule has 1 aromatic carbocycles. The Hall–Kier alpha value is -0.380. The molecule has 1 atom stereocenters. The van der Waals surface area contributed by atoms with Crippen molar-refractivity contribution in [3.8, 4) is 0 Å². The summed E-state index contributed by atoms with van der Waals surface area (Å²) in [6.45, 7) is 7.61. The van der Waals surface area contributed by atoms with Crippen molar-refractivity contribution >= 4 is 15.9 Å². The van der Waals surface area contributed by atoms with Crippen LogP contribution in [0.15, 0.2) is 28.7 Å². The third-order valence-corrected chi connectivity index (χ3v) is 3.86. The minimum Gasteiger partial charge on any atom is -0.319 e. The number of benzene rings is 1. The van der Waals surface area contributed by atoms with E-state index in [4.69, 9.17) is 0 Å². The third kappa shape index (κ3) is 5.19. The highest BCUT2D eigenvalue weighted by molar-refractivity contribution is 9.10. The Balaban J connectivity index is 2.38. The van der Waals surface area contributed by atoms with Crippen molar-refractivity contribution in [3.05, 3.63) is 34.3 Å². The maximum absolute atomic E-state index is 3.57. The molecule has 0 saturated heterocycles. The predicted octanol–water partition coefficient (Wildman–Crippen LogP) is 3.03. The van der Waals surface area contributed by atoms with Gasteiger partial charge in [0.1, 0.15) is 0 Å². The summed E-state index contributed by atoms with van der Waals surface area (Å²) >= 11 is 3.57. The average molecular weight is 299 g/mol. The first-order chi connectivity index (χ1) is 8.15. The highest BCUT2D eigenvalue weighted by atomic mass is 79.9. The SMILES string of the molecule is CNCC(CNCc1ccccc1Br)C(C)C. The van der Waals surface area contributed by atoms with Gasteiger partial charge in [0.2, 0.25) is 0 Å². The van der Waals surface area contributed by atoms with Gasteiger partial charge in [0.05, 0.1) is 0 Å². The van der Waals surface area contributed by atoms with Gasteiger partial charge in [-0.25, -0.2) is 0 Å². The molecule has 0 saturated carbocycles. The molecule has 0 spiro atoms. The lowest BCUT2D eigenvalue weighted by Crippen LogP contribution is -2.32. The second kappa shape index (κ2) is 7.85. The Morgan fingerprint density at radius 1 is 1.18 bits per heavy atom. The average Bonchev–Trinajstić information content (AvgIpc) is 2.30. The molecule has 0 aliphatic heterocycles. The van der Waals surface area contributed by atoms with Crippen LogP contribution in [0, 0.1) is 11.8 Å². The molecule has 0 heterocycles. The summed E-state index contributed by atoms with van der Waals surface area (Å²) in [6.07, 6.45) is 0. The van der Waals surface area contributed by atoms with E-state index in [-0.39, 0.29) is 0 Å². The lowest BCUT2D eigenvalue weighted by Gasteiger charge is -2.21. The molecule has 17 heavy (non-hydrogen) atoms. The lowest BCUT2D eigenvalue weighted by atomic mass is 9.96. The smallest absolute Gasteiger partial charge is 0.0220 e. The van der Waals surface area contributed by atoms with Crippen molar-refractivity contribution in [2.24, 2.45) is 11.8 Å². The first-order valence-electron chi connectivity index (χ1n) is 6.24. The van der Waals surface area contributed by atoms with Gasteiger partial charge in [-0.1, -0.05) is 48.0 Å². The molecule has 0 aliphatic carbocycles. The molecule has 0 bridgehead atoms. The summed E-state index contributed by atoms with van der Waals surface area (Å²) in [7, 11) is 2.02. The third-order valence-electron chi connectivity index (χ3n) is 3.09. The van der Waals surface area contributed by atoms with Gasteiger partial charge in [0, 0.05) is 11.0 Å². The van der Waals surface area contributed by atoms with E-state index >= 15 is 0 Å². The minimum atomic E-state index is 0.683. The van der Waals surface area contributed by atoms with Gasteiger partial charge in [-0.2, -0.15) is 0 Å². The van der Waals surface area contributed by atoms with Crippen LogP contribution >= 0.6 is 15.9 Å². The molecule has 3 heteroatoms. The standard InChI is InChI=1S/C14H23BrN2/c1-11(2)13(8-16-3)10-17-9-12-6-4-5-7-14(12)15/h4-7,11,13,16-17H,8-10H2,1-3H3. The van der Waals surface area contributed by atoms with Crippen LogP contribution in [0.4, 0.5) is 0 Å². The topological polar surface area (TPSA) is 24.1 Å². The van der Waals surface area contributed by atoms with E-state index in [1.165, 1.54) is 10.0 Å². The molecule has 0 aromatic heterocycles. The van der Waals surface area contributed by atoms with E-state index in [0.717, 1.165) is 19.6 Å².